The molecule has 1 spiro atoms. The van der Waals surface area contributed by atoms with Crippen molar-refractivity contribution in [2.75, 3.05) is 13.1 Å². The molecule has 1 aliphatic carbocycles. The molecular weight excluding hydrogens is 282 g/mol. The summed E-state index contributed by atoms with van der Waals surface area (Å²) in [5.74, 6) is 1.42. The molecule has 4 rings (SSSR count). The molecule has 118 valence electrons. The molecular formula is C15H21N5O2. The Bertz CT molecular complexity index is 626. The minimum atomic E-state index is -0.0977. The van der Waals surface area contributed by atoms with Crippen LogP contribution in [0.15, 0.2) is 0 Å². The van der Waals surface area contributed by atoms with Gasteiger partial charge in [-0.05, 0) is 31.1 Å². The van der Waals surface area contributed by atoms with E-state index in [-0.39, 0.29) is 17.2 Å². The van der Waals surface area contributed by atoms with Crippen molar-refractivity contribution in [3.63, 3.8) is 0 Å². The van der Waals surface area contributed by atoms with E-state index >= 15 is 0 Å². The number of nitrogens with one attached hydrogen (secondary N) is 1. The van der Waals surface area contributed by atoms with E-state index in [0.717, 1.165) is 57.6 Å². The second-order valence-electron chi connectivity index (χ2n) is 6.96. The van der Waals surface area contributed by atoms with E-state index in [1.807, 2.05) is 9.47 Å². The predicted molar refractivity (Wildman–Crippen MR) is 78.1 cm³/mol. The van der Waals surface area contributed by atoms with Crippen LogP contribution in [0.5, 0.6) is 0 Å². The third kappa shape index (κ3) is 2.28. The number of carbonyl (C=O) groups excluding carboxylic acids is 2. The molecule has 2 fully saturated rings. The Morgan fingerprint density at radius 3 is 2.59 bits per heavy atom. The first kappa shape index (κ1) is 13.7. The highest BCUT2D eigenvalue weighted by atomic mass is 16.2. The third-order valence-corrected chi connectivity index (χ3v) is 5.24. The van der Waals surface area contributed by atoms with Crippen LogP contribution < -0.4 is 5.32 Å². The van der Waals surface area contributed by atoms with Crippen molar-refractivity contribution in [3.05, 3.63) is 11.6 Å². The zero-order valence-corrected chi connectivity index (χ0v) is 12.8. The summed E-state index contributed by atoms with van der Waals surface area (Å²) in [4.78, 5) is 25.6. The molecule has 0 unspecified atom stereocenters. The third-order valence-electron chi connectivity index (χ3n) is 5.24. The Balaban J connectivity index is 1.48. The van der Waals surface area contributed by atoms with Gasteiger partial charge in [-0.2, -0.15) is 0 Å². The first-order chi connectivity index (χ1) is 10.6. The molecule has 22 heavy (non-hydrogen) atoms. The molecule has 1 saturated heterocycles. The van der Waals surface area contributed by atoms with Gasteiger partial charge in [-0.1, -0.05) is 0 Å². The summed E-state index contributed by atoms with van der Waals surface area (Å²) in [6.45, 7) is 4.03. The molecule has 0 radical (unpaired) electrons. The SMILES string of the molecule is CC(=O)N1CCC2(CC1)Cc1nnc(C(=O)NC3CC3)n1C2. The van der Waals surface area contributed by atoms with Gasteiger partial charge in [0.1, 0.15) is 5.82 Å². The fraction of sp³-hybridized carbons (Fsp3) is 0.733. The van der Waals surface area contributed by atoms with Gasteiger partial charge in [0.2, 0.25) is 11.7 Å². The van der Waals surface area contributed by atoms with Crippen molar-refractivity contribution in [1.82, 2.24) is 25.0 Å². The van der Waals surface area contributed by atoms with Gasteiger partial charge in [-0.15, -0.1) is 10.2 Å². The molecule has 0 aromatic carbocycles. The van der Waals surface area contributed by atoms with Crippen LogP contribution >= 0.6 is 0 Å². The Hall–Kier alpha value is -1.92. The summed E-state index contributed by atoms with van der Waals surface area (Å²) >= 11 is 0. The molecule has 0 bridgehead atoms. The minimum Gasteiger partial charge on any atom is -0.347 e. The summed E-state index contributed by atoms with van der Waals surface area (Å²) in [6, 6.07) is 0.328. The molecule has 3 heterocycles. The van der Waals surface area contributed by atoms with Gasteiger partial charge in [-0.3, -0.25) is 9.59 Å². The van der Waals surface area contributed by atoms with Gasteiger partial charge in [-0.25, -0.2) is 0 Å². The van der Waals surface area contributed by atoms with Gasteiger partial charge in [0.15, 0.2) is 0 Å². The van der Waals surface area contributed by atoms with Crippen LogP contribution in [0.1, 0.15) is 49.1 Å². The number of piperidine rings is 1. The molecule has 3 aliphatic rings. The normalized spacial score (nSPS) is 22.7. The number of hydrogen-bond donors (Lipinski definition) is 1. The molecule has 1 saturated carbocycles. The van der Waals surface area contributed by atoms with Crippen molar-refractivity contribution in [1.29, 1.82) is 0 Å². The van der Waals surface area contributed by atoms with Crippen LogP contribution in [0.25, 0.3) is 0 Å². The lowest BCUT2D eigenvalue weighted by atomic mass is 9.77. The zero-order valence-electron chi connectivity index (χ0n) is 12.8. The number of rotatable bonds is 2. The average molecular weight is 303 g/mol. The van der Waals surface area contributed by atoms with Gasteiger partial charge >= 0.3 is 0 Å². The predicted octanol–water partition coefficient (Wildman–Crippen LogP) is 0.355. The smallest absolute Gasteiger partial charge is 0.289 e. The highest BCUT2D eigenvalue weighted by Crippen LogP contribution is 2.41. The first-order valence-corrected chi connectivity index (χ1v) is 8.05. The quantitative estimate of drug-likeness (QED) is 0.855. The van der Waals surface area contributed by atoms with Gasteiger partial charge in [0, 0.05) is 39.0 Å². The first-order valence-electron chi connectivity index (χ1n) is 8.05. The molecule has 2 amide bonds. The molecule has 1 N–H and O–H groups in total. The van der Waals surface area contributed by atoms with E-state index in [0.29, 0.717) is 11.9 Å². The second-order valence-corrected chi connectivity index (χ2v) is 6.96. The Morgan fingerprint density at radius 2 is 1.95 bits per heavy atom. The molecule has 7 nitrogen and oxygen atoms in total. The molecule has 1 aromatic heterocycles. The van der Waals surface area contributed by atoms with Crippen LogP contribution in [0.3, 0.4) is 0 Å². The van der Waals surface area contributed by atoms with E-state index in [2.05, 4.69) is 15.5 Å². The number of aromatic nitrogens is 3. The number of carbonyl (C=O) groups is 2. The minimum absolute atomic E-state index is 0.0977. The molecule has 2 aliphatic heterocycles. The molecule has 1 aromatic rings. The van der Waals surface area contributed by atoms with Crippen LogP contribution in [-0.4, -0.2) is 50.6 Å². The lowest BCUT2D eigenvalue weighted by Crippen LogP contribution is -2.43. The van der Waals surface area contributed by atoms with Crippen molar-refractivity contribution >= 4 is 11.8 Å². The number of nitrogens with zero attached hydrogens (tertiary/aromatic N) is 4. The standard InChI is InChI=1S/C15H21N5O2/c1-10(21)19-6-4-15(5-7-19)8-12-17-18-13(20(12)9-15)14(22)16-11-2-3-11/h11H,2-9H2,1H3,(H,16,22). The summed E-state index contributed by atoms with van der Waals surface area (Å²) in [5, 5.41) is 11.3. The number of likely N-dealkylation sites (tertiary alicyclic amines) is 1. The fourth-order valence-corrected chi connectivity index (χ4v) is 3.64. The van der Waals surface area contributed by atoms with Crippen molar-refractivity contribution in [2.24, 2.45) is 5.41 Å². The van der Waals surface area contributed by atoms with E-state index in [4.69, 9.17) is 0 Å². The Morgan fingerprint density at radius 1 is 1.23 bits per heavy atom. The van der Waals surface area contributed by atoms with E-state index in [1.54, 1.807) is 6.92 Å². The lowest BCUT2D eigenvalue weighted by molar-refractivity contribution is -0.131. The van der Waals surface area contributed by atoms with Gasteiger partial charge < -0.3 is 14.8 Å². The number of hydrogen-bond acceptors (Lipinski definition) is 4. The van der Waals surface area contributed by atoms with E-state index in [1.165, 1.54) is 0 Å². The Kier molecular flexibility index (Phi) is 2.99. The summed E-state index contributed by atoms with van der Waals surface area (Å²) in [7, 11) is 0. The van der Waals surface area contributed by atoms with Crippen molar-refractivity contribution in [3.8, 4) is 0 Å². The lowest BCUT2D eigenvalue weighted by Gasteiger charge is -2.38. The summed E-state index contributed by atoms with van der Waals surface area (Å²) in [5.41, 5.74) is 0.145. The average Bonchev–Trinajstić information content (AvgIpc) is 3.11. The number of amides is 2. The maximum absolute atomic E-state index is 12.2. The molecule has 0 atom stereocenters. The second kappa shape index (κ2) is 4.79. The fourth-order valence-electron chi connectivity index (χ4n) is 3.64. The van der Waals surface area contributed by atoms with Crippen LogP contribution in [0.4, 0.5) is 0 Å². The maximum Gasteiger partial charge on any atom is 0.289 e. The topological polar surface area (TPSA) is 80.1 Å². The molecule has 7 heteroatoms. The monoisotopic (exact) mass is 303 g/mol. The largest absolute Gasteiger partial charge is 0.347 e. The van der Waals surface area contributed by atoms with Crippen molar-refractivity contribution < 1.29 is 9.59 Å². The van der Waals surface area contributed by atoms with E-state index in [9.17, 15) is 9.59 Å². The summed E-state index contributed by atoms with van der Waals surface area (Å²) in [6.07, 6.45) is 4.94. The van der Waals surface area contributed by atoms with Crippen molar-refractivity contribution in [2.45, 2.75) is 51.6 Å². The van der Waals surface area contributed by atoms with Crippen LogP contribution in [0.2, 0.25) is 0 Å². The number of fused-ring (bicyclic) bond motifs is 1. The van der Waals surface area contributed by atoms with Gasteiger partial charge in [0.05, 0.1) is 0 Å². The van der Waals surface area contributed by atoms with E-state index < -0.39 is 0 Å². The highest BCUT2D eigenvalue weighted by Gasteiger charge is 2.43. The summed E-state index contributed by atoms with van der Waals surface area (Å²) < 4.78 is 1.99. The van der Waals surface area contributed by atoms with Crippen LogP contribution in [-0.2, 0) is 17.8 Å². The highest BCUT2D eigenvalue weighted by molar-refractivity contribution is 5.91. The Labute approximate surface area is 129 Å². The van der Waals surface area contributed by atoms with Gasteiger partial charge in [0.25, 0.3) is 5.91 Å². The maximum atomic E-state index is 12.2. The van der Waals surface area contributed by atoms with Crippen LogP contribution in [0, 0.1) is 5.41 Å². The zero-order chi connectivity index (χ0) is 15.3.